The van der Waals surface area contributed by atoms with Crippen LogP contribution in [0, 0.1) is 5.82 Å². The highest BCUT2D eigenvalue weighted by Gasteiger charge is 2.29. The molecule has 2 aliphatic rings. The SMILES string of the molecule is COc1ccccc1Oc1nc(N2CCOCC2)nc2c1CN(C(=O)c1cccc(F)c1)CC2. The first kappa shape index (κ1) is 22.1. The second kappa shape index (κ2) is 9.64. The molecular weight excluding hydrogens is 439 g/mol. The van der Waals surface area contributed by atoms with Crippen LogP contribution in [0.4, 0.5) is 10.3 Å². The summed E-state index contributed by atoms with van der Waals surface area (Å²) in [5, 5.41) is 0. The van der Waals surface area contributed by atoms with Gasteiger partial charge in [0.05, 0.1) is 38.1 Å². The van der Waals surface area contributed by atoms with Crippen LogP contribution in [0.1, 0.15) is 21.6 Å². The van der Waals surface area contributed by atoms with E-state index in [1.165, 1.54) is 18.2 Å². The lowest BCUT2D eigenvalue weighted by atomic mass is 10.0. The highest BCUT2D eigenvalue weighted by molar-refractivity contribution is 5.94. The molecule has 0 unspecified atom stereocenters. The van der Waals surface area contributed by atoms with Crippen molar-refractivity contribution >= 4 is 11.9 Å². The van der Waals surface area contributed by atoms with Gasteiger partial charge in [-0.2, -0.15) is 4.98 Å². The molecule has 34 heavy (non-hydrogen) atoms. The molecule has 1 saturated heterocycles. The van der Waals surface area contributed by atoms with Crippen molar-refractivity contribution < 1.29 is 23.4 Å². The third-order valence-corrected chi connectivity index (χ3v) is 5.94. The molecular formula is C25H25FN4O4. The van der Waals surface area contributed by atoms with E-state index in [9.17, 15) is 9.18 Å². The van der Waals surface area contributed by atoms with Crippen molar-refractivity contribution in [3.63, 3.8) is 0 Å². The quantitative estimate of drug-likeness (QED) is 0.572. The minimum atomic E-state index is -0.443. The summed E-state index contributed by atoms with van der Waals surface area (Å²) in [7, 11) is 1.58. The van der Waals surface area contributed by atoms with Crippen molar-refractivity contribution in [3.05, 3.63) is 71.2 Å². The van der Waals surface area contributed by atoms with E-state index >= 15 is 0 Å². The Morgan fingerprint density at radius 2 is 1.82 bits per heavy atom. The number of hydrogen-bond donors (Lipinski definition) is 0. The molecule has 1 amide bonds. The van der Waals surface area contributed by atoms with Gasteiger partial charge in [-0.05, 0) is 30.3 Å². The Morgan fingerprint density at radius 3 is 2.59 bits per heavy atom. The van der Waals surface area contributed by atoms with Crippen LogP contribution in [0.5, 0.6) is 17.4 Å². The number of anilines is 1. The van der Waals surface area contributed by atoms with Gasteiger partial charge in [0.25, 0.3) is 5.91 Å². The van der Waals surface area contributed by atoms with E-state index in [1.807, 2.05) is 18.2 Å². The zero-order valence-corrected chi connectivity index (χ0v) is 18.9. The fraction of sp³-hybridized carbons (Fsp3) is 0.320. The lowest BCUT2D eigenvalue weighted by molar-refractivity contribution is 0.0731. The third-order valence-electron chi connectivity index (χ3n) is 5.94. The van der Waals surface area contributed by atoms with E-state index in [4.69, 9.17) is 24.2 Å². The number of benzene rings is 2. The Labute approximate surface area is 196 Å². The summed E-state index contributed by atoms with van der Waals surface area (Å²) in [5.41, 5.74) is 1.88. The van der Waals surface area contributed by atoms with E-state index in [1.54, 1.807) is 24.1 Å². The van der Waals surface area contributed by atoms with E-state index in [-0.39, 0.29) is 12.5 Å². The van der Waals surface area contributed by atoms with E-state index in [2.05, 4.69) is 4.90 Å². The van der Waals surface area contributed by atoms with Gasteiger partial charge >= 0.3 is 0 Å². The number of aromatic nitrogens is 2. The summed E-state index contributed by atoms with van der Waals surface area (Å²) >= 11 is 0. The number of morpholine rings is 1. The number of rotatable bonds is 5. The predicted molar refractivity (Wildman–Crippen MR) is 123 cm³/mol. The lowest BCUT2D eigenvalue weighted by Gasteiger charge is -2.32. The molecule has 2 aliphatic heterocycles. The largest absolute Gasteiger partial charge is 0.493 e. The standard InChI is InChI=1S/C25H25FN4O4/c1-32-21-7-2-3-8-22(21)34-23-19-16-30(24(31)17-5-4-6-18(26)15-17)10-9-20(19)27-25(28-23)29-11-13-33-14-12-29/h2-8,15H,9-14,16H2,1H3. The zero-order valence-electron chi connectivity index (χ0n) is 18.9. The molecule has 0 spiro atoms. The van der Waals surface area contributed by atoms with Gasteiger partial charge in [-0.15, -0.1) is 0 Å². The first-order valence-corrected chi connectivity index (χ1v) is 11.2. The number of halogens is 1. The summed E-state index contributed by atoms with van der Waals surface area (Å²) in [6.07, 6.45) is 0.540. The third kappa shape index (κ3) is 4.51. The Hall–Kier alpha value is -3.72. The van der Waals surface area contributed by atoms with Crippen LogP contribution >= 0.6 is 0 Å². The summed E-state index contributed by atoms with van der Waals surface area (Å²) in [5.74, 6) is 1.37. The fourth-order valence-electron chi connectivity index (χ4n) is 4.15. The van der Waals surface area contributed by atoms with Gasteiger partial charge in [0.2, 0.25) is 11.8 Å². The molecule has 0 bridgehead atoms. The molecule has 0 saturated carbocycles. The lowest BCUT2D eigenvalue weighted by Crippen LogP contribution is -2.39. The molecule has 9 heteroatoms. The van der Waals surface area contributed by atoms with Gasteiger partial charge in [-0.1, -0.05) is 18.2 Å². The maximum absolute atomic E-state index is 13.7. The minimum absolute atomic E-state index is 0.245. The molecule has 0 aliphatic carbocycles. The average Bonchev–Trinajstić information content (AvgIpc) is 2.88. The molecule has 2 aromatic carbocycles. The van der Waals surface area contributed by atoms with Crippen LogP contribution in [0.2, 0.25) is 0 Å². The number of carbonyl (C=O) groups excluding carboxylic acids is 1. The highest BCUT2D eigenvalue weighted by atomic mass is 19.1. The van der Waals surface area contributed by atoms with Crippen LogP contribution in [-0.2, 0) is 17.7 Å². The van der Waals surface area contributed by atoms with Crippen LogP contribution in [0.3, 0.4) is 0 Å². The second-order valence-electron chi connectivity index (χ2n) is 8.09. The summed E-state index contributed by atoms with van der Waals surface area (Å²) in [4.78, 5) is 26.4. The van der Waals surface area contributed by atoms with Crippen LogP contribution < -0.4 is 14.4 Å². The van der Waals surface area contributed by atoms with Gasteiger partial charge in [0.15, 0.2) is 11.5 Å². The second-order valence-corrected chi connectivity index (χ2v) is 8.09. The molecule has 1 aromatic heterocycles. The van der Waals surface area contributed by atoms with Crippen LogP contribution in [0.15, 0.2) is 48.5 Å². The minimum Gasteiger partial charge on any atom is -0.493 e. The molecule has 0 N–H and O–H groups in total. The van der Waals surface area contributed by atoms with Crippen molar-refractivity contribution in [2.45, 2.75) is 13.0 Å². The van der Waals surface area contributed by atoms with Crippen LogP contribution in [0.25, 0.3) is 0 Å². The summed E-state index contributed by atoms with van der Waals surface area (Å²) in [6.45, 7) is 3.33. The molecule has 3 heterocycles. The van der Waals surface area contributed by atoms with Gasteiger partial charge in [-0.3, -0.25) is 4.79 Å². The molecule has 5 rings (SSSR count). The van der Waals surface area contributed by atoms with Crippen molar-refractivity contribution in [1.29, 1.82) is 0 Å². The Kier molecular flexibility index (Phi) is 6.27. The molecule has 0 radical (unpaired) electrons. The number of para-hydroxylation sites is 2. The molecule has 3 aromatic rings. The first-order chi connectivity index (χ1) is 16.6. The topological polar surface area (TPSA) is 77.0 Å². The average molecular weight is 464 g/mol. The predicted octanol–water partition coefficient (Wildman–Crippen LogP) is 3.45. The maximum atomic E-state index is 13.7. The number of nitrogens with zero attached hydrogens (tertiary/aromatic N) is 4. The Balaban J connectivity index is 1.50. The number of methoxy groups -OCH3 is 1. The van der Waals surface area contributed by atoms with Crippen molar-refractivity contribution in [1.82, 2.24) is 14.9 Å². The van der Waals surface area contributed by atoms with Crippen molar-refractivity contribution in [2.75, 3.05) is 44.9 Å². The number of ether oxygens (including phenoxy) is 3. The smallest absolute Gasteiger partial charge is 0.254 e. The number of amides is 1. The van der Waals surface area contributed by atoms with Gasteiger partial charge in [0.1, 0.15) is 5.82 Å². The number of fused-ring (bicyclic) bond motifs is 1. The van der Waals surface area contributed by atoms with E-state index < -0.39 is 5.82 Å². The first-order valence-electron chi connectivity index (χ1n) is 11.2. The number of hydrogen-bond acceptors (Lipinski definition) is 7. The van der Waals surface area contributed by atoms with Gasteiger partial charge in [0, 0.05) is 31.6 Å². The molecule has 8 nitrogen and oxygen atoms in total. The van der Waals surface area contributed by atoms with E-state index in [0.29, 0.717) is 68.2 Å². The maximum Gasteiger partial charge on any atom is 0.254 e. The molecule has 0 atom stereocenters. The van der Waals surface area contributed by atoms with Gasteiger partial charge < -0.3 is 24.0 Å². The monoisotopic (exact) mass is 464 g/mol. The molecule has 1 fully saturated rings. The zero-order chi connectivity index (χ0) is 23.5. The highest BCUT2D eigenvalue weighted by Crippen LogP contribution is 2.35. The Bertz CT molecular complexity index is 1200. The van der Waals surface area contributed by atoms with Crippen molar-refractivity contribution in [2.24, 2.45) is 0 Å². The molecule has 176 valence electrons. The normalized spacial score (nSPS) is 15.6. The number of carbonyl (C=O) groups is 1. The summed E-state index contributed by atoms with van der Waals surface area (Å²) in [6, 6.07) is 13.1. The van der Waals surface area contributed by atoms with Gasteiger partial charge in [-0.25, -0.2) is 9.37 Å². The van der Waals surface area contributed by atoms with Crippen LogP contribution in [-0.4, -0.2) is 60.7 Å². The van der Waals surface area contributed by atoms with E-state index in [0.717, 1.165) is 11.3 Å². The Morgan fingerprint density at radius 1 is 1.03 bits per heavy atom. The fourth-order valence-corrected chi connectivity index (χ4v) is 4.15. The van der Waals surface area contributed by atoms with Crippen molar-refractivity contribution in [3.8, 4) is 17.4 Å². The summed E-state index contributed by atoms with van der Waals surface area (Å²) < 4.78 is 30.9.